The summed E-state index contributed by atoms with van der Waals surface area (Å²) in [6.07, 6.45) is 2.06. The lowest BCUT2D eigenvalue weighted by Gasteiger charge is -2.16. The zero-order chi connectivity index (χ0) is 18.8. The Morgan fingerprint density at radius 3 is 2.23 bits per heavy atom. The monoisotopic (exact) mass is 359 g/mol. The van der Waals surface area contributed by atoms with Crippen molar-refractivity contribution in [2.75, 3.05) is 33.9 Å². The van der Waals surface area contributed by atoms with Gasteiger partial charge in [-0.1, -0.05) is 24.3 Å². The first kappa shape index (κ1) is 19.9. The van der Waals surface area contributed by atoms with Crippen molar-refractivity contribution >= 4 is 5.97 Å². The van der Waals surface area contributed by atoms with Crippen LogP contribution in [0.4, 0.5) is 4.39 Å². The standard InChI is InChI=1S/C21H26FNO3/c1-23(14-12-21(24)25-2)13-3-15-26-20-10-6-18(7-11-20)16-17-4-8-19(22)9-5-17/h4-11H,3,12-16H2,1-2H3. The van der Waals surface area contributed by atoms with Gasteiger partial charge in [0.2, 0.25) is 0 Å². The molecule has 0 spiro atoms. The maximum atomic E-state index is 12.9. The minimum Gasteiger partial charge on any atom is -0.494 e. The normalized spacial score (nSPS) is 10.8. The second-order valence-electron chi connectivity index (χ2n) is 6.28. The van der Waals surface area contributed by atoms with E-state index in [-0.39, 0.29) is 11.8 Å². The lowest BCUT2D eigenvalue weighted by Crippen LogP contribution is -2.24. The van der Waals surface area contributed by atoms with E-state index in [1.54, 1.807) is 12.1 Å². The molecular weight excluding hydrogens is 333 g/mol. The quantitative estimate of drug-likeness (QED) is 0.479. The summed E-state index contributed by atoms with van der Waals surface area (Å²) in [5.41, 5.74) is 2.24. The lowest BCUT2D eigenvalue weighted by molar-refractivity contribution is -0.140. The number of carbonyl (C=O) groups is 1. The van der Waals surface area contributed by atoms with Crippen molar-refractivity contribution in [2.45, 2.75) is 19.3 Å². The molecular formula is C21H26FNO3. The minimum atomic E-state index is -0.214. The van der Waals surface area contributed by atoms with Crippen LogP contribution in [0.15, 0.2) is 48.5 Å². The van der Waals surface area contributed by atoms with Gasteiger partial charge in [-0.05, 0) is 55.3 Å². The third-order valence-corrected chi connectivity index (χ3v) is 4.12. The minimum absolute atomic E-state index is 0.186. The number of nitrogens with zero attached hydrogens (tertiary/aromatic N) is 1. The summed E-state index contributed by atoms with van der Waals surface area (Å²) in [7, 11) is 3.38. The first-order chi connectivity index (χ1) is 12.6. The van der Waals surface area contributed by atoms with E-state index < -0.39 is 0 Å². The zero-order valence-corrected chi connectivity index (χ0v) is 15.4. The number of carbonyl (C=O) groups excluding carboxylic acids is 1. The Hall–Kier alpha value is -2.40. The molecule has 140 valence electrons. The van der Waals surface area contributed by atoms with Gasteiger partial charge in [0.1, 0.15) is 11.6 Å². The highest BCUT2D eigenvalue weighted by Crippen LogP contribution is 2.16. The Morgan fingerprint density at radius 2 is 1.62 bits per heavy atom. The largest absolute Gasteiger partial charge is 0.494 e. The number of rotatable bonds is 10. The number of benzene rings is 2. The van der Waals surface area contributed by atoms with E-state index in [1.807, 2.05) is 31.3 Å². The van der Waals surface area contributed by atoms with Gasteiger partial charge in [-0.25, -0.2) is 4.39 Å². The van der Waals surface area contributed by atoms with Crippen LogP contribution >= 0.6 is 0 Å². The molecule has 0 heterocycles. The molecule has 0 unspecified atom stereocenters. The van der Waals surface area contributed by atoms with E-state index in [1.165, 1.54) is 19.2 Å². The first-order valence-corrected chi connectivity index (χ1v) is 8.78. The number of methoxy groups -OCH3 is 1. The Labute approximate surface area is 154 Å². The predicted octanol–water partition coefficient (Wildman–Crippen LogP) is 3.68. The molecule has 0 saturated heterocycles. The van der Waals surface area contributed by atoms with Crippen LogP contribution in [0, 0.1) is 5.82 Å². The van der Waals surface area contributed by atoms with E-state index in [9.17, 15) is 9.18 Å². The molecule has 2 aromatic carbocycles. The van der Waals surface area contributed by atoms with E-state index >= 15 is 0 Å². The van der Waals surface area contributed by atoms with Crippen molar-refractivity contribution in [1.29, 1.82) is 0 Å². The van der Waals surface area contributed by atoms with E-state index in [4.69, 9.17) is 4.74 Å². The summed E-state index contributed by atoms with van der Waals surface area (Å²) in [6.45, 7) is 2.17. The van der Waals surface area contributed by atoms with Crippen molar-refractivity contribution in [3.8, 4) is 5.75 Å². The maximum absolute atomic E-state index is 12.9. The molecule has 0 N–H and O–H groups in total. The zero-order valence-electron chi connectivity index (χ0n) is 15.4. The van der Waals surface area contributed by atoms with Crippen LogP contribution in [0.2, 0.25) is 0 Å². The van der Waals surface area contributed by atoms with Crippen LogP contribution in [0.25, 0.3) is 0 Å². The smallest absolute Gasteiger partial charge is 0.306 e. The van der Waals surface area contributed by atoms with Gasteiger partial charge in [-0.3, -0.25) is 4.79 Å². The van der Waals surface area contributed by atoms with Crippen molar-refractivity contribution in [1.82, 2.24) is 4.90 Å². The number of esters is 1. The fourth-order valence-electron chi connectivity index (χ4n) is 2.56. The van der Waals surface area contributed by atoms with Crippen LogP contribution in [0.5, 0.6) is 5.75 Å². The fraction of sp³-hybridized carbons (Fsp3) is 0.381. The van der Waals surface area contributed by atoms with Crippen molar-refractivity contribution in [2.24, 2.45) is 0 Å². The first-order valence-electron chi connectivity index (χ1n) is 8.78. The molecule has 0 amide bonds. The molecule has 2 rings (SSSR count). The molecule has 0 aliphatic rings. The highest BCUT2D eigenvalue weighted by Gasteiger charge is 2.04. The molecule has 0 bridgehead atoms. The Kier molecular flexibility index (Phi) is 8.09. The number of hydrogen-bond donors (Lipinski definition) is 0. The summed E-state index contributed by atoms with van der Waals surface area (Å²) < 4.78 is 23.3. The van der Waals surface area contributed by atoms with Gasteiger partial charge < -0.3 is 14.4 Å². The van der Waals surface area contributed by atoms with Gasteiger partial charge in [0.05, 0.1) is 20.1 Å². The molecule has 0 aromatic heterocycles. The highest BCUT2D eigenvalue weighted by atomic mass is 19.1. The number of ether oxygens (including phenoxy) is 2. The van der Waals surface area contributed by atoms with Gasteiger partial charge in [-0.15, -0.1) is 0 Å². The summed E-state index contributed by atoms with van der Waals surface area (Å²) in [5, 5.41) is 0. The maximum Gasteiger partial charge on any atom is 0.306 e. The van der Waals surface area contributed by atoms with Crippen LogP contribution in [-0.4, -0.2) is 44.7 Å². The van der Waals surface area contributed by atoms with Gasteiger partial charge in [0.15, 0.2) is 0 Å². The predicted molar refractivity (Wildman–Crippen MR) is 99.9 cm³/mol. The molecule has 0 aliphatic heterocycles. The molecule has 4 nitrogen and oxygen atoms in total. The average molecular weight is 359 g/mol. The van der Waals surface area contributed by atoms with Gasteiger partial charge in [-0.2, -0.15) is 0 Å². The molecule has 2 aromatic rings. The summed E-state index contributed by atoms with van der Waals surface area (Å²) in [5.74, 6) is 0.437. The van der Waals surface area contributed by atoms with Crippen molar-refractivity contribution < 1.29 is 18.7 Å². The topological polar surface area (TPSA) is 38.8 Å². The molecule has 0 radical (unpaired) electrons. The molecule has 0 aliphatic carbocycles. The molecule has 26 heavy (non-hydrogen) atoms. The molecule has 0 saturated carbocycles. The van der Waals surface area contributed by atoms with E-state index in [0.29, 0.717) is 19.6 Å². The second-order valence-corrected chi connectivity index (χ2v) is 6.28. The fourth-order valence-corrected chi connectivity index (χ4v) is 2.56. The van der Waals surface area contributed by atoms with Gasteiger partial charge in [0.25, 0.3) is 0 Å². The van der Waals surface area contributed by atoms with Crippen molar-refractivity contribution in [3.63, 3.8) is 0 Å². The van der Waals surface area contributed by atoms with E-state index in [0.717, 1.165) is 36.3 Å². The van der Waals surface area contributed by atoms with Gasteiger partial charge in [0, 0.05) is 13.1 Å². The lowest BCUT2D eigenvalue weighted by atomic mass is 10.1. The third-order valence-electron chi connectivity index (χ3n) is 4.12. The highest BCUT2D eigenvalue weighted by molar-refractivity contribution is 5.69. The Bertz CT molecular complexity index is 671. The van der Waals surface area contributed by atoms with Crippen molar-refractivity contribution in [3.05, 3.63) is 65.5 Å². The summed E-state index contributed by atoms with van der Waals surface area (Å²) in [4.78, 5) is 13.2. The van der Waals surface area contributed by atoms with Crippen LogP contribution in [0.3, 0.4) is 0 Å². The molecule has 5 heteroatoms. The van der Waals surface area contributed by atoms with Gasteiger partial charge >= 0.3 is 5.97 Å². The molecule has 0 fully saturated rings. The SMILES string of the molecule is COC(=O)CCN(C)CCCOc1ccc(Cc2ccc(F)cc2)cc1. The number of halogens is 1. The Morgan fingerprint density at radius 1 is 1.00 bits per heavy atom. The van der Waals surface area contributed by atoms with Crippen LogP contribution in [0.1, 0.15) is 24.0 Å². The summed E-state index contributed by atoms with van der Waals surface area (Å²) >= 11 is 0. The Balaban J connectivity index is 1.67. The number of hydrogen-bond acceptors (Lipinski definition) is 4. The second kappa shape index (κ2) is 10.6. The molecule has 0 atom stereocenters. The van der Waals surface area contributed by atoms with E-state index in [2.05, 4.69) is 9.64 Å². The summed E-state index contributed by atoms with van der Waals surface area (Å²) in [6, 6.07) is 14.5. The van der Waals surface area contributed by atoms with Crippen LogP contribution < -0.4 is 4.74 Å². The average Bonchev–Trinajstić information content (AvgIpc) is 2.66. The third kappa shape index (κ3) is 7.23. The van der Waals surface area contributed by atoms with Crippen LogP contribution in [-0.2, 0) is 16.0 Å².